The third-order valence-electron chi connectivity index (χ3n) is 5.94. The van der Waals surface area contributed by atoms with Crippen LogP contribution in [0, 0.1) is 11.3 Å². The van der Waals surface area contributed by atoms with Crippen LogP contribution in [0.2, 0.25) is 0 Å². The normalized spacial score (nSPS) is 46.6. The van der Waals surface area contributed by atoms with Gasteiger partial charge in [-0.25, -0.2) is 4.57 Å². The zero-order chi connectivity index (χ0) is 13.1. The number of rotatable bonds is 1. The molecule has 0 radical (unpaired) electrons. The Bertz CT molecular complexity index is 470. The van der Waals surface area contributed by atoms with Crippen molar-refractivity contribution in [3.63, 3.8) is 0 Å². The highest BCUT2D eigenvalue weighted by Gasteiger charge is 2.61. The minimum atomic E-state index is 0.429. The molecule has 2 aliphatic heterocycles. The van der Waals surface area contributed by atoms with Gasteiger partial charge in [0.15, 0.2) is 11.9 Å². The maximum atomic E-state index is 2.71. The van der Waals surface area contributed by atoms with E-state index in [0.29, 0.717) is 17.4 Å². The van der Waals surface area contributed by atoms with Crippen molar-refractivity contribution >= 4 is 0 Å². The molecule has 1 aromatic heterocycles. The van der Waals surface area contributed by atoms with Crippen LogP contribution in [0.15, 0.2) is 24.4 Å². The molecule has 6 atom stereocenters. The van der Waals surface area contributed by atoms with E-state index in [0.717, 1.165) is 12.0 Å². The first kappa shape index (κ1) is 12.2. The molecule has 0 saturated carbocycles. The maximum Gasteiger partial charge on any atom is 0.186 e. The predicted octanol–water partition coefficient (Wildman–Crippen LogP) is 2.34. The summed E-state index contributed by atoms with van der Waals surface area (Å²) in [5.41, 5.74) is 1.92. The van der Waals surface area contributed by atoms with Crippen molar-refractivity contribution in [2.45, 2.75) is 45.7 Å². The molecule has 2 saturated heterocycles. The lowest BCUT2D eigenvalue weighted by Crippen LogP contribution is -2.49. The smallest absolute Gasteiger partial charge is 0.186 e. The Morgan fingerprint density at radius 2 is 1.94 bits per heavy atom. The molecule has 18 heavy (non-hydrogen) atoms. The Morgan fingerprint density at radius 1 is 1.22 bits per heavy atom. The Balaban J connectivity index is 2.07. The van der Waals surface area contributed by atoms with Gasteiger partial charge in [-0.15, -0.1) is 0 Å². The lowest BCUT2D eigenvalue weighted by atomic mass is 9.65. The van der Waals surface area contributed by atoms with E-state index in [1.807, 2.05) is 0 Å². The Hall–Kier alpha value is -0.890. The van der Waals surface area contributed by atoms with E-state index < -0.39 is 0 Å². The quantitative estimate of drug-likeness (QED) is 0.689. The molecule has 2 fully saturated rings. The predicted molar refractivity (Wildman–Crippen MR) is 73.3 cm³/mol. The molecule has 0 N–H and O–H groups in total. The first-order valence-electron chi connectivity index (χ1n) is 7.17. The summed E-state index contributed by atoms with van der Waals surface area (Å²) in [5.74, 6) is 1.44. The van der Waals surface area contributed by atoms with Gasteiger partial charge in [-0.05, 0) is 25.2 Å². The van der Waals surface area contributed by atoms with Crippen molar-refractivity contribution < 1.29 is 4.57 Å². The molecule has 3 rings (SSSR count). The van der Waals surface area contributed by atoms with Gasteiger partial charge < -0.3 is 0 Å². The fourth-order valence-electron chi connectivity index (χ4n) is 4.60. The number of aromatic nitrogens is 1. The van der Waals surface area contributed by atoms with Gasteiger partial charge in [0.05, 0.1) is 5.92 Å². The van der Waals surface area contributed by atoms with Crippen molar-refractivity contribution in [2.24, 2.45) is 18.4 Å². The molecule has 0 spiro atoms. The van der Waals surface area contributed by atoms with E-state index in [4.69, 9.17) is 0 Å². The topological polar surface area (TPSA) is 7.12 Å². The third-order valence-corrected chi connectivity index (χ3v) is 5.94. The van der Waals surface area contributed by atoms with Gasteiger partial charge in [0, 0.05) is 30.8 Å². The number of nitrogens with zero attached hydrogens (tertiary/aromatic N) is 2. The van der Waals surface area contributed by atoms with Crippen molar-refractivity contribution in [1.29, 1.82) is 0 Å². The molecule has 2 heteroatoms. The molecule has 2 aliphatic rings. The number of pyridine rings is 1. The van der Waals surface area contributed by atoms with Crippen molar-refractivity contribution in [2.75, 3.05) is 6.54 Å². The van der Waals surface area contributed by atoms with Gasteiger partial charge in [-0.1, -0.05) is 19.9 Å². The van der Waals surface area contributed by atoms with Crippen LogP contribution < -0.4 is 4.57 Å². The van der Waals surface area contributed by atoms with Crippen LogP contribution in [0.25, 0.3) is 0 Å². The zero-order valence-corrected chi connectivity index (χ0v) is 12.2. The fourth-order valence-corrected chi connectivity index (χ4v) is 4.60. The van der Waals surface area contributed by atoms with E-state index in [-0.39, 0.29) is 0 Å². The molecule has 0 aliphatic carbocycles. The molecule has 0 amide bonds. The highest BCUT2D eigenvalue weighted by molar-refractivity contribution is 5.22. The second kappa shape index (κ2) is 3.80. The van der Waals surface area contributed by atoms with Gasteiger partial charge in [-0.2, -0.15) is 0 Å². The second-order valence-electron chi connectivity index (χ2n) is 6.66. The molecule has 2 bridgehead atoms. The molecule has 0 aromatic carbocycles. The summed E-state index contributed by atoms with van der Waals surface area (Å²) in [6.45, 7) is 11.0. The molecule has 1 aromatic rings. The number of piperidine rings is 1. The Morgan fingerprint density at radius 3 is 2.56 bits per heavy atom. The minimum absolute atomic E-state index is 0.429. The summed E-state index contributed by atoms with van der Waals surface area (Å²) in [7, 11) is 2.18. The SMILES string of the molecule is CC1C(C)C2(C)CN1C(C)C2c1cccc[n+]1C. The molecule has 98 valence electrons. The van der Waals surface area contributed by atoms with E-state index in [9.17, 15) is 0 Å². The monoisotopic (exact) mass is 245 g/mol. The fraction of sp³-hybridized carbons (Fsp3) is 0.688. The largest absolute Gasteiger partial charge is 0.296 e. The van der Waals surface area contributed by atoms with Crippen LogP contribution in [0.3, 0.4) is 0 Å². The number of hydrogen-bond acceptors (Lipinski definition) is 1. The summed E-state index contributed by atoms with van der Waals surface area (Å²) in [6, 6.07) is 8.01. The first-order chi connectivity index (χ1) is 8.47. The standard InChI is InChI=1S/C16H25N2/c1-11-12(2)18-10-16(11,4)15(13(18)3)14-8-6-7-9-17(14)5/h6-9,11-13,15H,10H2,1-5H3/q+1. The van der Waals surface area contributed by atoms with Crippen LogP contribution in [0.1, 0.15) is 39.3 Å². The van der Waals surface area contributed by atoms with Crippen LogP contribution in [-0.4, -0.2) is 23.5 Å². The van der Waals surface area contributed by atoms with Gasteiger partial charge in [0.1, 0.15) is 7.05 Å². The molecular weight excluding hydrogens is 220 g/mol. The van der Waals surface area contributed by atoms with E-state index in [2.05, 4.69) is 68.6 Å². The average Bonchev–Trinajstić information content (AvgIpc) is 2.73. The summed E-state index contributed by atoms with van der Waals surface area (Å²) >= 11 is 0. The average molecular weight is 245 g/mol. The van der Waals surface area contributed by atoms with Crippen LogP contribution >= 0.6 is 0 Å². The van der Waals surface area contributed by atoms with Gasteiger partial charge >= 0.3 is 0 Å². The van der Waals surface area contributed by atoms with Gasteiger partial charge in [0.25, 0.3) is 0 Å². The lowest BCUT2D eigenvalue weighted by molar-refractivity contribution is -0.681. The van der Waals surface area contributed by atoms with E-state index >= 15 is 0 Å². The summed E-state index contributed by atoms with van der Waals surface area (Å²) in [5, 5.41) is 0. The summed E-state index contributed by atoms with van der Waals surface area (Å²) in [6.07, 6.45) is 2.18. The number of fused-ring (bicyclic) bond motifs is 2. The van der Waals surface area contributed by atoms with Crippen molar-refractivity contribution in [1.82, 2.24) is 4.90 Å². The third kappa shape index (κ3) is 1.36. The number of hydrogen-bond donors (Lipinski definition) is 0. The van der Waals surface area contributed by atoms with Crippen LogP contribution in [0.5, 0.6) is 0 Å². The summed E-state index contributed by atoms with van der Waals surface area (Å²) < 4.78 is 2.31. The van der Waals surface area contributed by atoms with Crippen molar-refractivity contribution in [3.8, 4) is 0 Å². The second-order valence-corrected chi connectivity index (χ2v) is 6.66. The summed E-state index contributed by atoms with van der Waals surface area (Å²) in [4.78, 5) is 2.71. The van der Waals surface area contributed by atoms with E-state index in [1.165, 1.54) is 12.2 Å². The van der Waals surface area contributed by atoms with Crippen LogP contribution in [0.4, 0.5) is 0 Å². The maximum absolute atomic E-state index is 2.71. The number of aryl methyl sites for hydroxylation is 1. The Labute approximate surface area is 111 Å². The highest BCUT2D eigenvalue weighted by Crippen LogP contribution is 2.58. The lowest BCUT2D eigenvalue weighted by Gasteiger charge is -2.41. The molecule has 6 unspecified atom stereocenters. The molecule has 3 heterocycles. The zero-order valence-electron chi connectivity index (χ0n) is 12.2. The molecular formula is C16H25N2+. The van der Waals surface area contributed by atoms with Gasteiger partial charge in [0.2, 0.25) is 0 Å². The van der Waals surface area contributed by atoms with Crippen LogP contribution in [-0.2, 0) is 7.05 Å². The van der Waals surface area contributed by atoms with Crippen molar-refractivity contribution in [3.05, 3.63) is 30.1 Å². The Kier molecular flexibility index (Phi) is 2.57. The molecule has 2 nitrogen and oxygen atoms in total. The van der Waals surface area contributed by atoms with E-state index in [1.54, 1.807) is 0 Å². The highest BCUT2D eigenvalue weighted by atomic mass is 15.3. The minimum Gasteiger partial charge on any atom is -0.296 e. The van der Waals surface area contributed by atoms with Gasteiger partial charge in [-0.3, -0.25) is 4.90 Å². The first-order valence-corrected chi connectivity index (χ1v) is 7.17.